The molecule has 0 saturated carbocycles. The van der Waals surface area contributed by atoms with Crippen molar-refractivity contribution < 1.29 is 18.3 Å². The van der Waals surface area contributed by atoms with Gasteiger partial charge in [0.15, 0.2) is 5.75 Å². The summed E-state index contributed by atoms with van der Waals surface area (Å²) in [4.78, 5) is 11.1. The topological polar surface area (TPSA) is 90.4 Å². The molecule has 0 bridgehead atoms. The highest BCUT2D eigenvalue weighted by molar-refractivity contribution is 7.19. The number of amides is 1. The Morgan fingerprint density at radius 3 is 2.69 bits per heavy atom. The third-order valence-electron chi connectivity index (χ3n) is 1.74. The quantitative estimate of drug-likeness (QED) is 0.731. The van der Waals surface area contributed by atoms with Crippen molar-refractivity contribution in [1.82, 2.24) is 0 Å². The van der Waals surface area contributed by atoms with E-state index in [9.17, 15) is 13.6 Å². The Hall–Kier alpha value is -1.57. The first-order valence-corrected chi connectivity index (χ1v) is 5.07. The lowest BCUT2D eigenvalue weighted by atomic mass is 10.3. The van der Waals surface area contributed by atoms with Gasteiger partial charge in [-0.1, -0.05) is 0 Å². The van der Waals surface area contributed by atoms with Gasteiger partial charge < -0.3 is 21.5 Å². The number of hydrogen-bond acceptors (Lipinski definition) is 5. The highest BCUT2D eigenvalue weighted by Gasteiger charge is 2.20. The summed E-state index contributed by atoms with van der Waals surface area (Å²) < 4.78 is 28.9. The van der Waals surface area contributed by atoms with Crippen LogP contribution in [0.15, 0.2) is 0 Å². The lowest BCUT2D eigenvalue weighted by Gasteiger charge is -2.05. The molecule has 0 spiro atoms. The number of primary amides is 1. The number of anilines is 2. The SMILES string of the molecule is COc1c(NCC(F)F)sc(C(N)=O)c1N. The summed E-state index contributed by atoms with van der Waals surface area (Å²) >= 11 is 0.892. The smallest absolute Gasteiger partial charge is 0.261 e. The molecule has 0 aliphatic heterocycles. The fraction of sp³-hybridized carbons (Fsp3) is 0.375. The van der Waals surface area contributed by atoms with Gasteiger partial charge in [0.05, 0.1) is 13.7 Å². The Morgan fingerprint density at radius 2 is 2.25 bits per heavy atom. The first-order valence-electron chi connectivity index (χ1n) is 4.25. The molecule has 1 rings (SSSR count). The fourth-order valence-electron chi connectivity index (χ4n) is 1.10. The molecule has 1 aromatic rings. The van der Waals surface area contributed by atoms with Crippen molar-refractivity contribution in [2.24, 2.45) is 5.73 Å². The number of alkyl halides is 2. The standard InChI is InChI=1S/C8H11F2N3O2S/c1-15-5-4(11)6(7(12)14)16-8(5)13-2-3(9)10/h3,13H,2,11H2,1H3,(H2,12,14). The van der Waals surface area contributed by atoms with Crippen LogP contribution in [0.4, 0.5) is 19.5 Å². The minimum absolute atomic E-state index is 0.0665. The monoisotopic (exact) mass is 251 g/mol. The molecule has 0 saturated heterocycles. The minimum atomic E-state index is -2.51. The molecule has 0 aliphatic rings. The maximum absolute atomic E-state index is 12.0. The third-order valence-corrected chi connectivity index (χ3v) is 2.90. The number of nitrogens with one attached hydrogen (secondary N) is 1. The number of nitrogen functional groups attached to an aromatic ring is 1. The number of methoxy groups -OCH3 is 1. The van der Waals surface area contributed by atoms with Gasteiger partial charge in [0.1, 0.15) is 15.6 Å². The Labute approximate surface area is 94.4 Å². The molecule has 0 radical (unpaired) electrons. The number of halogens is 2. The van der Waals surface area contributed by atoms with Crippen LogP contribution in [-0.2, 0) is 0 Å². The molecule has 90 valence electrons. The highest BCUT2D eigenvalue weighted by atomic mass is 32.1. The molecule has 5 nitrogen and oxygen atoms in total. The van der Waals surface area contributed by atoms with E-state index in [4.69, 9.17) is 16.2 Å². The maximum atomic E-state index is 12.0. The Balaban J connectivity index is 2.99. The molecule has 0 atom stereocenters. The van der Waals surface area contributed by atoms with Gasteiger partial charge in [0.2, 0.25) is 0 Å². The van der Waals surface area contributed by atoms with Crippen molar-refractivity contribution in [2.75, 3.05) is 24.7 Å². The normalized spacial score (nSPS) is 10.5. The second kappa shape index (κ2) is 4.97. The summed E-state index contributed by atoms with van der Waals surface area (Å²) in [5.41, 5.74) is 10.7. The molecule has 16 heavy (non-hydrogen) atoms. The van der Waals surface area contributed by atoms with Crippen LogP contribution in [0.3, 0.4) is 0 Å². The third kappa shape index (κ3) is 2.51. The van der Waals surface area contributed by atoms with Crippen LogP contribution >= 0.6 is 11.3 Å². The minimum Gasteiger partial charge on any atom is -0.492 e. The Kier molecular flexibility index (Phi) is 3.88. The van der Waals surface area contributed by atoms with Crippen molar-refractivity contribution in [3.8, 4) is 5.75 Å². The van der Waals surface area contributed by atoms with E-state index in [1.165, 1.54) is 7.11 Å². The molecule has 1 heterocycles. The molecule has 1 amide bonds. The number of carbonyl (C=O) groups is 1. The zero-order chi connectivity index (χ0) is 12.3. The summed E-state index contributed by atoms with van der Waals surface area (Å²) in [7, 11) is 1.33. The van der Waals surface area contributed by atoms with Crippen LogP contribution in [0.2, 0.25) is 0 Å². The molecule has 1 aromatic heterocycles. The highest BCUT2D eigenvalue weighted by Crippen LogP contribution is 2.42. The van der Waals surface area contributed by atoms with E-state index in [0.717, 1.165) is 11.3 Å². The van der Waals surface area contributed by atoms with Crippen LogP contribution in [0.5, 0.6) is 5.75 Å². The largest absolute Gasteiger partial charge is 0.492 e. The fourth-order valence-corrected chi connectivity index (χ4v) is 2.05. The first kappa shape index (κ1) is 12.5. The van der Waals surface area contributed by atoms with Crippen molar-refractivity contribution in [3.63, 3.8) is 0 Å². The average Bonchev–Trinajstić information content (AvgIpc) is 2.51. The van der Waals surface area contributed by atoms with Crippen LogP contribution in [-0.4, -0.2) is 26.0 Å². The molecular formula is C8H11F2N3O2S. The maximum Gasteiger partial charge on any atom is 0.261 e. The van der Waals surface area contributed by atoms with Gasteiger partial charge in [-0.05, 0) is 0 Å². The van der Waals surface area contributed by atoms with Gasteiger partial charge in [0, 0.05) is 0 Å². The van der Waals surface area contributed by atoms with Crippen LogP contribution in [0.1, 0.15) is 9.67 Å². The zero-order valence-corrected chi connectivity index (χ0v) is 9.24. The van der Waals surface area contributed by atoms with Crippen LogP contribution in [0.25, 0.3) is 0 Å². The van der Waals surface area contributed by atoms with E-state index in [-0.39, 0.29) is 21.3 Å². The number of nitrogens with two attached hydrogens (primary N) is 2. The van der Waals surface area contributed by atoms with E-state index in [1.54, 1.807) is 0 Å². The molecule has 0 aliphatic carbocycles. The van der Waals surface area contributed by atoms with Crippen molar-refractivity contribution >= 4 is 27.9 Å². The van der Waals surface area contributed by atoms with E-state index in [1.807, 2.05) is 0 Å². The summed E-state index contributed by atoms with van der Waals surface area (Å²) in [6.07, 6.45) is -2.51. The number of hydrogen-bond donors (Lipinski definition) is 3. The number of carbonyl (C=O) groups excluding carboxylic acids is 1. The zero-order valence-electron chi connectivity index (χ0n) is 8.42. The van der Waals surface area contributed by atoms with Gasteiger partial charge in [-0.15, -0.1) is 11.3 Å². The first-order chi connectivity index (χ1) is 7.47. The predicted octanol–water partition coefficient (Wildman–Crippen LogP) is 1.11. The van der Waals surface area contributed by atoms with Gasteiger partial charge in [0.25, 0.3) is 12.3 Å². The molecular weight excluding hydrogens is 240 g/mol. The number of ether oxygens (including phenoxy) is 1. The molecule has 0 aromatic carbocycles. The van der Waals surface area contributed by atoms with Gasteiger partial charge in [-0.3, -0.25) is 4.79 Å². The molecule has 5 N–H and O–H groups in total. The van der Waals surface area contributed by atoms with Crippen molar-refractivity contribution in [2.45, 2.75) is 6.43 Å². The van der Waals surface area contributed by atoms with E-state index in [2.05, 4.69) is 5.32 Å². The Morgan fingerprint density at radius 1 is 1.62 bits per heavy atom. The second-order valence-electron chi connectivity index (χ2n) is 2.84. The molecule has 0 fully saturated rings. The van der Waals surface area contributed by atoms with Crippen LogP contribution in [0, 0.1) is 0 Å². The van der Waals surface area contributed by atoms with Crippen LogP contribution < -0.4 is 21.5 Å². The van der Waals surface area contributed by atoms with E-state index in [0.29, 0.717) is 0 Å². The molecule has 0 unspecified atom stereocenters. The molecule has 8 heteroatoms. The average molecular weight is 251 g/mol. The lowest BCUT2D eigenvalue weighted by Crippen LogP contribution is -2.10. The van der Waals surface area contributed by atoms with Gasteiger partial charge in [-0.2, -0.15) is 0 Å². The Bertz CT molecular complexity index is 395. The van der Waals surface area contributed by atoms with Crippen molar-refractivity contribution in [3.05, 3.63) is 4.88 Å². The van der Waals surface area contributed by atoms with E-state index < -0.39 is 18.9 Å². The second-order valence-corrected chi connectivity index (χ2v) is 3.86. The summed E-state index contributed by atoms with van der Waals surface area (Å²) in [5.74, 6) is -0.551. The summed E-state index contributed by atoms with van der Waals surface area (Å²) in [5, 5.41) is 2.71. The summed E-state index contributed by atoms with van der Waals surface area (Å²) in [6.45, 7) is -0.547. The lowest BCUT2D eigenvalue weighted by molar-refractivity contribution is 0.100. The predicted molar refractivity (Wildman–Crippen MR) is 58.3 cm³/mol. The number of thiophene rings is 1. The number of rotatable bonds is 5. The van der Waals surface area contributed by atoms with Gasteiger partial charge in [-0.25, -0.2) is 8.78 Å². The summed E-state index contributed by atoms with van der Waals surface area (Å²) in [6, 6.07) is 0. The van der Waals surface area contributed by atoms with E-state index >= 15 is 0 Å². The van der Waals surface area contributed by atoms with Gasteiger partial charge >= 0.3 is 0 Å². The van der Waals surface area contributed by atoms with Crippen molar-refractivity contribution in [1.29, 1.82) is 0 Å².